The monoisotopic (exact) mass is 550 g/mol. The number of likely N-dealkylation sites (N-methyl/N-ethyl adjacent to an activating group) is 1. The zero-order chi connectivity index (χ0) is 28.7. The van der Waals surface area contributed by atoms with E-state index in [0.29, 0.717) is 5.69 Å². The summed E-state index contributed by atoms with van der Waals surface area (Å²) >= 11 is 0. The molecule has 0 bridgehead atoms. The number of aliphatic hydroxyl groups is 1. The molecule has 3 N–H and O–H groups in total. The number of nitrogens with one attached hydrogen (secondary N) is 2. The zero-order valence-electron chi connectivity index (χ0n) is 22.0. The summed E-state index contributed by atoms with van der Waals surface area (Å²) in [7, 11) is 1.62. The van der Waals surface area contributed by atoms with Gasteiger partial charge in [0.05, 0.1) is 31.2 Å². The van der Waals surface area contributed by atoms with Crippen LogP contribution in [0.4, 0.5) is 29.3 Å². The molecule has 2 aromatic rings. The molecule has 212 valence electrons. The van der Waals surface area contributed by atoms with Crippen LogP contribution in [0.25, 0.3) is 0 Å². The van der Waals surface area contributed by atoms with E-state index in [2.05, 4.69) is 10.6 Å². The quantitative estimate of drug-likeness (QED) is 0.453. The minimum absolute atomic E-state index is 0.0808. The first kappa shape index (κ1) is 29.8. The number of carbonyl (C=O) groups is 3. The lowest BCUT2D eigenvalue weighted by atomic mass is 9.99. The highest BCUT2D eigenvalue weighted by Gasteiger charge is 2.34. The van der Waals surface area contributed by atoms with Crippen LogP contribution in [0.15, 0.2) is 48.5 Å². The second kappa shape index (κ2) is 12.8. The van der Waals surface area contributed by atoms with Crippen molar-refractivity contribution in [2.24, 2.45) is 5.92 Å². The standard InChI is InChI=1S/C27H33F3N4O5/c1-17-14-34(18(2)16-35)25(37)21-13-20(31-24(36)11-12-27(28,29)30)9-10-22(21)39-23(17)15-33(3)26(38)32-19-7-5-4-6-8-19/h4-10,13,17-18,23,35H,11-12,14-16H2,1-3H3,(H,31,36)(H,32,38)/t17-,18+,23-/m0/s1. The Morgan fingerprint density at radius 3 is 2.49 bits per heavy atom. The Hall–Kier alpha value is -3.80. The van der Waals surface area contributed by atoms with Gasteiger partial charge in [0, 0.05) is 37.3 Å². The minimum atomic E-state index is -4.47. The van der Waals surface area contributed by atoms with E-state index in [4.69, 9.17) is 4.74 Å². The van der Waals surface area contributed by atoms with Crippen LogP contribution >= 0.6 is 0 Å². The van der Waals surface area contributed by atoms with Gasteiger partial charge in [0.2, 0.25) is 5.91 Å². The molecule has 0 fully saturated rings. The Balaban J connectivity index is 1.83. The predicted molar refractivity (Wildman–Crippen MR) is 140 cm³/mol. The van der Waals surface area contributed by atoms with Crippen molar-refractivity contribution < 1.29 is 37.4 Å². The molecule has 2 aromatic carbocycles. The van der Waals surface area contributed by atoms with Crippen LogP contribution in [-0.4, -0.2) is 77.8 Å². The number of para-hydroxylation sites is 1. The first-order valence-corrected chi connectivity index (χ1v) is 12.5. The van der Waals surface area contributed by atoms with Crippen molar-refractivity contribution >= 4 is 29.2 Å². The van der Waals surface area contributed by atoms with Gasteiger partial charge in [-0.05, 0) is 37.3 Å². The summed E-state index contributed by atoms with van der Waals surface area (Å²) in [6.07, 6.45) is -7.04. The van der Waals surface area contributed by atoms with Crippen molar-refractivity contribution in [3.05, 3.63) is 54.1 Å². The lowest BCUT2D eigenvalue weighted by molar-refractivity contribution is -0.142. The minimum Gasteiger partial charge on any atom is -0.487 e. The van der Waals surface area contributed by atoms with Gasteiger partial charge in [-0.2, -0.15) is 13.2 Å². The summed E-state index contributed by atoms with van der Waals surface area (Å²) in [5.74, 6) is -1.36. The number of fused-ring (bicyclic) bond motifs is 1. The molecule has 1 aliphatic rings. The van der Waals surface area contributed by atoms with E-state index in [1.807, 2.05) is 13.0 Å². The average Bonchev–Trinajstić information content (AvgIpc) is 2.89. The first-order chi connectivity index (χ1) is 18.4. The largest absolute Gasteiger partial charge is 0.487 e. The lowest BCUT2D eigenvalue weighted by Crippen LogP contribution is -2.50. The molecule has 0 unspecified atom stereocenters. The highest BCUT2D eigenvalue weighted by atomic mass is 19.4. The summed E-state index contributed by atoms with van der Waals surface area (Å²) < 4.78 is 43.7. The number of ether oxygens (including phenoxy) is 1. The molecule has 0 saturated heterocycles. The highest BCUT2D eigenvalue weighted by molar-refractivity contribution is 6.00. The van der Waals surface area contributed by atoms with Crippen LogP contribution in [0, 0.1) is 5.92 Å². The van der Waals surface area contributed by atoms with Gasteiger partial charge in [0.15, 0.2) is 0 Å². The van der Waals surface area contributed by atoms with E-state index in [-0.39, 0.29) is 48.6 Å². The molecule has 39 heavy (non-hydrogen) atoms. The third kappa shape index (κ3) is 8.34. The molecule has 0 spiro atoms. The number of amides is 4. The van der Waals surface area contributed by atoms with Crippen LogP contribution in [0.2, 0.25) is 0 Å². The smallest absolute Gasteiger partial charge is 0.389 e. The number of benzene rings is 2. The topological polar surface area (TPSA) is 111 Å². The van der Waals surface area contributed by atoms with E-state index in [0.717, 1.165) is 0 Å². The number of urea groups is 1. The fourth-order valence-electron chi connectivity index (χ4n) is 4.09. The maximum atomic E-state index is 13.5. The van der Waals surface area contributed by atoms with Crippen LogP contribution in [-0.2, 0) is 4.79 Å². The molecular weight excluding hydrogens is 517 g/mol. The number of carbonyl (C=O) groups excluding carboxylic acids is 3. The van der Waals surface area contributed by atoms with Gasteiger partial charge in [-0.25, -0.2) is 4.79 Å². The van der Waals surface area contributed by atoms with Gasteiger partial charge < -0.3 is 30.3 Å². The fourth-order valence-corrected chi connectivity index (χ4v) is 4.09. The molecule has 3 rings (SSSR count). The molecular formula is C27H33F3N4O5. The van der Waals surface area contributed by atoms with Crippen molar-refractivity contribution in [2.75, 3.05) is 37.4 Å². The maximum absolute atomic E-state index is 13.5. The number of anilines is 2. The second-order valence-corrected chi connectivity index (χ2v) is 9.67. The van der Waals surface area contributed by atoms with E-state index < -0.39 is 43.0 Å². The number of halogens is 3. The second-order valence-electron chi connectivity index (χ2n) is 9.67. The van der Waals surface area contributed by atoms with Gasteiger partial charge >= 0.3 is 12.2 Å². The Labute approximate surface area is 224 Å². The molecule has 12 heteroatoms. The summed E-state index contributed by atoms with van der Waals surface area (Å²) in [5.41, 5.74) is 0.848. The molecule has 4 amide bonds. The summed E-state index contributed by atoms with van der Waals surface area (Å²) in [5, 5.41) is 15.0. The van der Waals surface area contributed by atoms with Crippen LogP contribution in [0.5, 0.6) is 5.75 Å². The molecule has 3 atom stereocenters. The summed E-state index contributed by atoms with van der Waals surface area (Å²) in [6.45, 7) is 3.64. The Bertz CT molecular complexity index is 1160. The van der Waals surface area contributed by atoms with Crippen LogP contribution in [0.1, 0.15) is 37.0 Å². The Morgan fingerprint density at radius 2 is 1.85 bits per heavy atom. The Kier molecular flexibility index (Phi) is 9.79. The fraction of sp³-hybridized carbons (Fsp3) is 0.444. The number of alkyl halides is 3. The van der Waals surface area contributed by atoms with Crippen molar-refractivity contribution in [3.8, 4) is 5.75 Å². The highest BCUT2D eigenvalue weighted by Crippen LogP contribution is 2.31. The van der Waals surface area contributed by atoms with Crippen LogP contribution < -0.4 is 15.4 Å². The number of hydrogen-bond donors (Lipinski definition) is 3. The third-order valence-corrected chi connectivity index (χ3v) is 6.41. The van der Waals surface area contributed by atoms with Crippen molar-refractivity contribution in [1.82, 2.24) is 9.80 Å². The summed E-state index contributed by atoms with van der Waals surface area (Å²) in [4.78, 5) is 41.2. The normalized spacial score (nSPS) is 18.2. The summed E-state index contributed by atoms with van der Waals surface area (Å²) in [6, 6.07) is 12.3. The van der Waals surface area contributed by atoms with E-state index >= 15 is 0 Å². The van der Waals surface area contributed by atoms with Crippen molar-refractivity contribution in [3.63, 3.8) is 0 Å². The van der Waals surface area contributed by atoms with E-state index in [1.54, 1.807) is 38.2 Å². The molecule has 1 heterocycles. The van der Waals surface area contributed by atoms with Crippen LogP contribution in [0.3, 0.4) is 0 Å². The number of hydrogen-bond acceptors (Lipinski definition) is 5. The molecule has 9 nitrogen and oxygen atoms in total. The lowest BCUT2D eigenvalue weighted by Gasteiger charge is -2.38. The first-order valence-electron chi connectivity index (χ1n) is 12.5. The molecule has 0 radical (unpaired) electrons. The zero-order valence-corrected chi connectivity index (χ0v) is 22.0. The van der Waals surface area contributed by atoms with Gasteiger partial charge in [0.1, 0.15) is 11.9 Å². The van der Waals surface area contributed by atoms with Gasteiger partial charge in [0.25, 0.3) is 5.91 Å². The SMILES string of the molecule is C[C@H](CO)N1C[C@H](C)[C@H](CN(C)C(=O)Nc2ccccc2)Oc2ccc(NC(=O)CCC(F)(F)F)cc2C1=O. The predicted octanol–water partition coefficient (Wildman–Crippen LogP) is 4.35. The molecule has 1 aliphatic heterocycles. The molecule has 0 aromatic heterocycles. The Morgan fingerprint density at radius 1 is 1.15 bits per heavy atom. The van der Waals surface area contributed by atoms with Gasteiger partial charge in [-0.1, -0.05) is 25.1 Å². The average molecular weight is 551 g/mol. The van der Waals surface area contributed by atoms with E-state index in [1.165, 1.54) is 28.0 Å². The number of rotatable bonds is 8. The van der Waals surface area contributed by atoms with Crippen molar-refractivity contribution in [1.29, 1.82) is 0 Å². The molecule has 0 aliphatic carbocycles. The number of aliphatic hydroxyl groups excluding tert-OH is 1. The maximum Gasteiger partial charge on any atom is 0.389 e. The third-order valence-electron chi connectivity index (χ3n) is 6.41. The van der Waals surface area contributed by atoms with Gasteiger partial charge in [-0.3, -0.25) is 9.59 Å². The molecule has 0 saturated carbocycles. The van der Waals surface area contributed by atoms with Crippen molar-refractivity contribution in [2.45, 2.75) is 45.0 Å². The van der Waals surface area contributed by atoms with Gasteiger partial charge in [-0.15, -0.1) is 0 Å². The number of nitrogens with zero attached hydrogens (tertiary/aromatic N) is 2. The van der Waals surface area contributed by atoms with E-state index in [9.17, 15) is 32.7 Å².